The Labute approximate surface area is 111 Å². The number of hydrogen-bond donors (Lipinski definition) is 1. The minimum absolute atomic E-state index is 0.0970. The van der Waals surface area contributed by atoms with Crippen LogP contribution in [0.1, 0.15) is 13.3 Å². The Bertz CT molecular complexity index is 426. The molecule has 1 unspecified atom stereocenters. The van der Waals surface area contributed by atoms with Crippen LogP contribution in [0, 0.1) is 10.1 Å². The lowest BCUT2D eigenvalue weighted by molar-refractivity contribution is -0.384. The lowest BCUT2D eigenvalue weighted by atomic mass is 10.2. The van der Waals surface area contributed by atoms with Crippen LogP contribution < -0.4 is 5.32 Å². The Morgan fingerprint density at radius 1 is 1.61 bits per heavy atom. The number of hydrogen-bond acceptors (Lipinski definition) is 5. The van der Waals surface area contributed by atoms with Crippen molar-refractivity contribution in [3.05, 3.63) is 27.4 Å². The van der Waals surface area contributed by atoms with Gasteiger partial charge in [0.05, 0.1) is 9.95 Å². The molecule has 0 radical (unpaired) electrons. The van der Waals surface area contributed by atoms with Crippen LogP contribution in [0.5, 0.6) is 0 Å². The Balaban J connectivity index is 2.74. The second kappa shape index (κ2) is 6.51. The van der Waals surface area contributed by atoms with E-state index in [0.29, 0.717) is 0 Å². The molecule has 1 rings (SSSR count). The molecular formula is C11H17ClN4O2. The molecule has 0 saturated heterocycles. The summed E-state index contributed by atoms with van der Waals surface area (Å²) < 4.78 is 0. The number of nitrogens with zero attached hydrogens (tertiary/aromatic N) is 3. The van der Waals surface area contributed by atoms with E-state index in [1.165, 1.54) is 12.3 Å². The van der Waals surface area contributed by atoms with Gasteiger partial charge >= 0.3 is 5.69 Å². The number of halogens is 1. The van der Waals surface area contributed by atoms with Gasteiger partial charge in [-0.15, -0.1) is 0 Å². The first kappa shape index (κ1) is 14.7. The minimum atomic E-state index is -0.486. The molecule has 7 heteroatoms. The fraction of sp³-hybridized carbons (Fsp3) is 0.545. The summed E-state index contributed by atoms with van der Waals surface area (Å²) in [7, 11) is 3.96. The van der Waals surface area contributed by atoms with Crippen molar-refractivity contribution in [1.82, 2.24) is 9.88 Å². The first-order valence-electron chi connectivity index (χ1n) is 5.61. The third kappa shape index (κ3) is 4.46. The van der Waals surface area contributed by atoms with E-state index >= 15 is 0 Å². The predicted octanol–water partition coefficient (Wildman–Crippen LogP) is 2.40. The molecule has 0 bridgehead atoms. The van der Waals surface area contributed by atoms with Crippen molar-refractivity contribution in [3.63, 3.8) is 0 Å². The van der Waals surface area contributed by atoms with E-state index in [1.54, 1.807) is 0 Å². The van der Waals surface area contributed by atoms with Crippen molar-refractivity contribution in [1.29, 1.82) is 0 Å². The van der Waals surface area contributed by atoms with E-state index in [9.17, 15) is 10.1 Å². The highest BCUT2D eigenvalue weighted by Gasteiger charge is 2.17. The van der Waals surface area contributed by atoms with E-state index in [2.05, 4.69) is 15.2 Å². The average molecular weight is 273 g/mol. The maximum absolute atomic E-state index is 10.9. The number of nitrogens with one attached hydrogen (secondary N) is 1. The van der Waals surface area contributed by atoms with Gasteiger partial charge in [0, 0.05) is 18.3 Å². The SMILES string of the molecule is CC(CCN(C)C)Nc1ncc(Cl)cc1[N+](=O)[O-]. The number of nitro groups is 1. The lowest BCUT2D eigenvalue weighted by Crippen LogP contribution is -2.23. The largest absolute Gasteiger partial charge is 0.362 e. The second-order valence-electron chi connectivity index (χ2n) is 4.42. The molecule has 0 aliphatic carbocycles. The van der Waals surface area contributed by atoms with Crippen molar-refractivity contribution in [3.8, 4) is 0 Å². The number of pyridine rings is 1. The zero-order valence-electron chi connectivity index (χ0n) is 10.7. The molecule has 1 N–H and O–H groups in total. The van der Waals surface area contributed by atoms with Gasteiger partial charge in [-0.1, -0.05) is 11.6 Å². The van der Waals surface area contributed by atoms with Crippen LogP contribution in [0.2, 0.25) is 5.02 Å². The molecule has 100 valence electrons. The van der Waals surface area contributed by atoms with Gasteiger partial charge in [0.15, 0.2) is 0 Å². The maximum atomic E-state index is 10.9. The quantitative estimate of drug-likeness (QED) is 0.636. The Kier molecular flexibility index (Phi) is 5.30. The van der Waals surface area contributed by atoms with E-state index in [1.807, 2.05) is 21.0 Å². The molecule has 0 amide bonds. The highest BCUT2D eigenvalue weighted by Crippen LogP contribution is 2.25. The topological polar surface area (TPSA) is 71.3 Å². The van der Waals surface area contributed by atoms with Crippen LogP contribution in [0.15, 0.2) is 12.3 Å². The summed E-state index contributed by atoms with van der Waals surface area (Å²) in [6, 6.07) is 1.40. The third-order valence-electron chi connectivity index (χ3n) is 2.42. The highest BCUT2D eigenvalue weighted by atomic mass is 35.5. The van der Waals surface area contributed by atoms with Crippen molar-refractivity contribution in [2.75, 3.05) is 26.0 Å². The molecule has 6 nitrogen and oxygen atoms in total. The molecule has 0 aliphatic rings. The Morgan fingerprint density at radius 3 is 2.83 bits per heavy atom. The summed E-state index contributed by atoms with van der Waals surface area (Å²) in [6.07, 6.45) is 2.27. The molecule has 1 heterocycles. The fourth-order valence-corrected chi connectivity index (χ4v) is 1.59. The van der Waals surface area contributed by atoms with Crippen LogP contribution in [0.4, 0.5) is 11.5 Å². The third-order valence-corrected chi connectivity index (χ3v) is 2.63. The number of anilines is 1. The van der Waals surface area contributed by atoms with Gasteiger partial charge in [-0.05, 0) is 34.0 Å². The highest BCUT2D eigenvalue weighted by molar-refractivity contribution is 6.30. The van der Waals surface area contributed by atoms with E-state index < -0.39 is 4.92 Å². The molecule has 1 atom stereocenters. The maximum Gasteiger partial charge on any atom is 0.312 e. The van der Waals surface area contributed by atoms with Gasteiger partial charge in [-0.3, -0.25) is 10.1 Å². The van der Waals surface area contributed by atoms with E-state index in [4.69, 9.17) is 11.6 Å². The fourth-order valence-electron chi connectivity index (χ4n) is 1.44. The second-order valence-corrected chi connectivity index (χ2v) is 4.85. The summed E-state index contributed by atoms with van der Waals surface area (Å²) in [5.74, 6) is 0.260. The summed E-state index contributed by atoms with van der Waals surface area (Å²) in [5, 5.41) is 14.2. The summed E-state index contributed by atoms with van der Waals surface area (Å²) in [4.78, 5) is 16.4. The van der Waals surface area contributed by atoms with Gasteiger partial charge in [-0.2, -0.15) is 0 Å². The molecule has 0 saturated carbocycles. The molecule has 0 fully saturated rings. The molecule has 0 aliphatic heterocycles. The van der Waals surface area contributed by atoms with E-state index in [0.717, 1.165) is 13.0 Å². The smallest absolute Gasteiger partial charge is 0.312 e. The summed E-state index contributed by atoms with van der Waals surface area (Å²) in [6.45, 7) is 2.86. The monoisotopic (exact) mass is 272 g/mol. The molecular weight excluding hydrogens is 256 g/mol. The van der Waals surface area contributed by atoms with Gasteiger partial charge in [0.25, 0.3) is 0 Å². The van der Waals surface area contributed by atoms with Crippen molar-refractivity contribution in [2.45, 2.75) is 19.4 Å². The first-order chi connectivity index (χ1) is 8.40. The zero-order chi connectivity index (χ0) is 13.7. The molecule has 1 aromatic rings. The molecule has 1 aromatic heterocycles. The van der Waals surface area contributed by atoms with Gasteiger partial charge < -0.3 is 10.2 Å². The standard InChI is InChI=1S/C11H17ClN4O2/c1-8(4-5-15(2)3)14-11-10(16(17)18)6-9(12)7-13-11/h6-8H,4-5H2,1-3H3,(H,13,14). The first-order valence-corrected chi connectivity index (χ1v) is 5.99. The van der Waals surface area contributed by atoms with Crippen LogP contribution in [-0.2, 0) is 0 Å². The van der Waals surface area contributed by atoms with Crippen LogP contribution in [0.3, 0.4) is 0 Å². The average Bonchev–Trinajstić information content (AvgIpc) is 2.28. The minimum Gasteiger partial charge on any atom is -0.362 e. The van der Waals surface area contributed by atoms with Gasteiger partial charge in [0.2, 0.25) is 5.82 Å². The van der Waals surface area contributed by atoms with Crippen molar-refractivity contribution in [2.24, 2.45) is 0 Å². The Hall–Kier alpha value is -1.40. The Morgan fingerprint density at radius 2 is 2.28 bits per heavy atom. The predicted molar refractivity (Wildman–Crippen MR) is 72.2 cm³/mol. The number of rotatable bonds is 6. The van der Waals surface area contributed by atoms with Crippen molar-refractivity contribution < 1.29 is 4.92 Å². The van der Waals surface area contributed by atoms with Gasteiger partial charge in [-0.25, -0.2) is 4.98 Å². The summed E-state index contributed by atoms with van der Waals surface area (Å²) >= 11 is 5.70. The zero-order valence-corrected chi connectivity index (χ0v) is 11.4. The van der Waals surface area contributed by atoms with Crippen LogP contribution in [0.25, 0.3) is 0 Å². The molecule has 18 heavy (non-hydrogen) atoms. The molecule has 0 spiro atoms. The molecule has 0 aromatic carbocycles. The van der Waals surface area contributed by atoms with E-state index in [-0.39, 0.29) is 22.6 Å². The number of aromatic nitrogens is 1. The van der Waals surface area contributed by atoms with Crippen LogP contribution >= 0.6 is 11.6 Å². The van der Waals surface area contributed by atoms with Gasteiger partial charge in [0.1, 0.15) is 0 Å². The normalized spacial score (nSPS) is 12.5. The van der Waals surface area contributed by atoms with Crippen molar-refractivity contribution >= 4 is 23.1 Å². The summed E-state index contributed by atoms with van der Waals surface area (Å²) in [5.41, 5.74) is -0.0980. The van der Waals surface area contributed by atoms with Crippen LogP contribution in [-0.4, -0.2) is 41.5 Å². The lowest BCUT2D eigenvalue weighted by Gasteiger charge is -2.17.